The van der Waals surface area contributed by atoms with Gasteiger partial charge in [0.25, 0.3) is 0 Å². The molecule has 0 unspecified atom stereocenters. The molecule has 0 saturated carbocycles. The van der Waals surface area contributed by atoms with E-state index in [-0.39, 0.29) is 5.96 Å². The highest BCUT2D eigenvalue weighted by atomic mass is 16.5. The molecule has 0 heterocycles. The average Bonchev–Trinajstić information content (AvgIpc) is 2.57. The maximum absolute atomic E-state index is 7.55. The van der Waals surface area contributed by atoms with Crippen molar-refractivity contribution in [1.29, 1.82) is 5.41 Å². The molecule has 0 saturated heterocycles. The number of hydrogen-bond donors (Lipinski definition) is 2. The second kappa shape index (κ2) is 18.4. The monoisotopic (exact) mass is 351 g/mol. The highest BCUT2D eigenvalue weighted by Crippen LogP contribution is 1.90. The summed E-state index contributed by atoms with van der Waals surface area (Å²) in [5.41, 5.74) is 5.55. The molecular formula is C15H33N3O6. The summed E-state index contributed by atoms with van der Waals surface area (Å²) in [6, 6.07) is 0. The van der Waals surface area contributed by atoms with Crippen molar-refractivity contribution in [1.82, 2.24) is 4.90 Å². The van der Waals surface area contributed by atoms with Crippen molar-refractivity contribution in [2.45, 2.75) is 0 Å². The zero-order valence-electron chi connectivity index (χ0n) is 15.0. The molecule has 9 nitrogen and oxygen atoms in total. The van der Waals surface area contributed by atoms with Crippen molar-refractivity contribution in [3.63, 3.8) is 0 Å². The van der Waals surface area contributed by atoms with Gasteiger partial charge in [-0.25, -0.2) is 0 Å². The van der Waals surface area contributed by atoms with Crippen LogP contribution in [0.15, 0.2) is 0 Å². The van der Waals surface area contributed by atoms with E-state index in [0.717, 1.165) is 0 Å². The molecule has 0 spiro atoms. The zero-order chi connectivity index (χ0) is 17.9. The minimum absolute atomic E-state index is 0.00916. The molecule has 0 amide bonds. The zero-order valence-corrected chi connectivity index (χ0v) is 15.0. The molecule has 0 atom stereocenters. The Balaban J connectivity index is 3.49. The van der Waals surface area contributed by atoms with Crippen LogP contribution in [0.1, 0.15) is 0 Å². The van der Waals surface area contributed by atoms with Gasteiger partial charge in [-0.2, -0.15) is 0 Å². The van der Waals surface area contributed by atoms with Gasteiger partial charge in [-0.15, -0.1) is 0 Å². The van der Waals surface area contributed by atoms with Crippen LogP contribution in [-0.2, 0) is 28.4 Å². The summed E-state index contributed by atoms with van der Waals surface area (Å²) < 4.78 is 31.2. The minimum Gasteiger partial charge on any atom is -0.382 e. The van der Waals surface area contributed by atoms with Gasteiger partial charge < -0.3 is 39.1 Å². The van der Waals surface area contributed by atoms with Crippen molar-refractivity contribution in [3.8, 4) is 0 Å². The summed E-state index contributed by atoms with van der Waals surface area (Å²) in [5.74, 6) is 0.00916. The van der Waals surface area contributed by atoms with Gasteiger partial charge in [-0.1, -0.05) is 0 Å². The van der Waals surface area contributed by atoms with Gasteiger partial charge in [0.2, 0.25) is 0 Å². The Morgan fingerprint density at radius 3 is 1.33 bits per heavy atom. The maximum Gasteiger partial charge on any atom is 0.188 e. The highest BCUT2D eigenvalue weighted by molar-refractivity contribution is 5.74. The van der Waals surface area contributed by atoms with Gasteiger partial charge >= 0.3 is 0 Å². The number of methoxy groups -OCH3 is 2. The first kappa shape index (κ1) is 23.0. The molecule has 144 valence electrons. The number of nitrogens with zero attached hydrogens (tertiary/aromatic N) is 1. The standard InChI is InChI=1S/C15H33N3O6/c1-19-7-9-23-13-11-21-5-3-18(15(16)17)4-6-22-12-14-24-10-8-20-2/h3-14H2,1-2H3,(H3,16,17). The Bertz CT molecular complexity index is 264. The Morgan fingerprint density at radius 1 is 0.667 bits per heavy atom. The SMILES string of the molecule is COCCOCCOCCN(CCOCCOCCOC)C(=N)N. The number of ether oxygens (including phenoxy) is 6. The van der Waals surface area contributed by atoms with Crippen LogP contribution in [0.3, 0.4) is 0 Å². The minimum atomic E-state index is 0.00916. The van der Waals surface area contributed by atoms with E-state index >= 15 is 0 Å². The van der Waals surface area contributed by atoms with Crippen LogP contribution in [0.4, 0.5) is 0 Å². The molecule has 0 aromatic carbocycles. The van der Waals surface area contributed by atoms with Gasteiger partial charge in [0.1, 0.15) is 0 Å². The van der Waals surface area contributed by atoms with Gasteiger partial charge in [-0.05, 0) is 0 Å². The quantitative estimate of drug-likeness (QED) is 0.194. The predicted octanol–water partition coefficient (Wildman–Crippen LogP) is -0.459. The Morgan fingerprint density at radius 2 is 1.00 bits per heavy atom. The van der Waals surface area contributed by atoms with E-state index in [1.165, 1.54) is 0 Å². The van der Waals surface area contributed by atoms with Gasteiger partial charge in [-0.3, -0.25) is 5.41 Å². The lowest BCUT2D eigenvalue weighted by atomic mass is 10.5. The number of rotatable bonds is 18. The summed E-state index contributed by atoms with van der Waals surface area (Å²) in [5, 5.41) is 7.55. The number of guanidine groups is 1. The molecule has 0 aliphatic rings. The molecule has 3 N–H and O–H groups in total. The fourth-order valence-electron chi connectivity index (χ4n) is 1.63. The second-order valence-electron chi connectivity index (χ2n) is 4.81. The van der Waals surface area contributed by atoms with Crippen molar-refractivity contribution >= 4 is 5.96 Å². The first-order valence-corrected chi connectivity index (χ1v) is 8.10. The lowest BCUT2D eigenvalue weighted by molar-refractivity contribution is 0.0154. The molecule has 0 radical (unpaired) electrons. The number of nitrogens with one attached hydrogen (secondary N) is 1. The van der Waals surface area contributed by atoms with E-state index in [9.17, 15) is 0 Å². The lowest BCUT2D eigenvalue weighted by Crippen LogP contribution is -2.41. The summed E-state index contributed by atoms with van der Waals surface area (Å²) in [7, 11) is 3.27. The van der Waals surface area contributed by atoms with E-state index in [2.05, 4.69) is 0 Å². The second-order valence-corrected chi connectivity index (χ2v) is 4.81. The van der Waals surface area contributed by atoms with E-state index in [1.807, 2.05) is 0 Å². The molecule has 24 heavy (non-hydrogen) atoms. The molecule has 0 aliphatic carbocycles. The summed E-state index contributed by atoms with van der Waals surface area (Å²) >= 11 is 0. The molecule has 0 rings (SSSR count). The molecule has 0 aromatic heterocycles. The van der Waals surface area contributed by atoms with Gasteiger partial charge in [0, 0.05) is 27.3 Å². The summed E-state index contributed by atoms with van der Waals surface area (Å²) in [6.45, 7) is 6.38. The van der Waals surface area contributed by atoms with Crippen molar-refractivity contribution < 1.29 is 28.4 Å². The van der Waals surface area contributed by atoms with Crippen molar-refractivity contribution in [2.24, 2.45) is 5.73 Å². The van der Waals surface area contributed by atoms with Crippen molar-refractivity contribution in [2.75, 3.05) is 93.4 Å². The third kappa shape index (κ3) is 15.9. The van der Waals surface area contributed by atoms with E-state index < -0.39 is 0 Å². The van der Waals surface area contributed by atoms with Gasteiger partial charge in [0.05, 0.1) is 66.1 Å². The van der Waals surface area contributed by atoms with Crippen LogP contribution in [0.25, 0.3) is 0 Å². The molecule has 0 fully saturated rings. The predicted molar refractivity (Wildman–Crippen MR) is 90.5 cm³/mol. The largest absolute Gasteiger partial charge is 0.382 e. The van der Waals surface area contributed by atoms with Crippen LogP contribution >= 0.6 is 0 Å². The fourth-order valence-corrected chi connectivity index (χ4v) is 1.63. The number of hydrogen-bond acceptors (Lipinski definition) is 7. The summed E-state index contributed by atoms with van der Waals surface area (Å²) in [4.78, 5) is 1.71. The van der Waals surface area contributed by atoms with E-state index in [4.69, 9.17) is 39.6 Å². The Labute approximate surface area is 144 Å². The van der Waals surface area contributed by atoms with Crippen LogP contribution in [0.5, 0.6) is 0 Å². The molecule has 0 aromatic rings. The van der Waals surface area contributed by atoms with Crippen LogP contribution < -0.4 is 5.73 Å². The third-order valence-electron chi connectivity index (χ3n) is 2.96. The highest BCUT2D eigenvalue weighted by Gasteiger charge is 2.06. The van der Waals surface area contributed by atoms with Crippen LogP contribution in [-0.4, -0.2) is 104 Å². The first-order valence-electron chi connectivity index (χ1n) is 8.10. The lowest BCUT2D eigenvalue weighted by Gasteiger charge is -2.22. The number of nitrogens with two attached hydrogens (primary N) is 1. The van der Waals surface area contributed by atoms with E-state index in [0.29, 0.717) is 79.2 Å². The summed E-state index contributed by atoms with van der Waals surface area (Å²) in [6.07, 6.45) is 0. The topological polar surface area (TPSA) is 108 Å². The molecule has 9 heteroatoms. The molecule has 0 bridgehead atoms. The van der Waals surface area contributed by atoms with Crippen LogP contribution in [0.2, 0.25) is 0 Å². The van der Waals surface area contributed by atoms with Crippen molar-refractivity contribution in [3.05, 3.63) is 0 Å². The fraction of sp³-hybridized carbons (Fsp3) is 0.933. The van der Waals surface area contributed by atoms with E-state index in [1.54, 1.807) is 19.1 Å². The van der Waals surface area contributed by atoms with Gasteiger partial charge in [0.15, 0.2) is 5.96 Å². The normalized spacial score (nSPS) is 10.9. The Hall–Kier alpha value is -0.970. The first-order chi connectivity index (χ1) is 11.7. The molecule has 0 aliphatic heterocycles. The molecular weight excluding hydrogens is 318 g/mol. The maximum atomic E-state index is 7.55. The Kier molecular flexibility index (Phi) is 17.6. The van der Waals surface area contributed by atoms with Crippen LogP contribution in [0, 0.1) is 5.41 Å². The third-order valence-corrected chi connectivity index (χ3v) is 2.96. The average molecular weight is 351 g/mol. The smallest absolute Gasteiger partial charge is 0.188 e.